The summed E-state index contributed by atoms with van der Waals surface area (Å²) in [6.07, 6.45) is -0.127. The highest BCUT2D eigenvalue weighted by Crippen LogP contribution is 2.24. The summed E-state index contributed by atoms with van der Waals surface area (Å²) in [4.78, 5) is 49.5. The summed E-state index contributed by atoms with van der Waals surface area (Å²) in [6, 6.07) is 11.5. The van der Waals surface area contributed by atoms with Gasteiger partial charge in [-0.2, -0.15) is 0 Å². The number of esters is 1. The summed E-state index contributed by atoms with van der Waals surface area (Å²) in [6.45, 7) is 5.65. The zero-order valence-corrected chi connectivity index (χ0v) is 20.0. The van der Waals surface area contributed by atoms with Gasteiger partial charge < -0.3 is 4.74 Å². The van der Waals surface area contributed by atoms with Crippen molar-refractivity contribution in [2.75, 3.05) is 13.2 Å². The highest BCUT2D eigenvalue weighted by atomic mass is 35.5. The molecule has 33 heavy (non-hydrogen) atoms. The molecule has 0 radical (unpaired) electrons. The van der Waals surface area contributed by atoms with Crippen LogP contribution in [-0.2, 0) is 19.7 Å². The van der Waals surface area contributed by atoms with Gasteiger partial charge in [-0.15, -0.1) is 0 Å². The second-order valence-corrected chi connectivity index (χ2v) is 9.67. The van der Waals surface area contributed by atoms with Crippen LogP contribution >= 0.6 is 23.2 Å². The lowest BCUT2D eigenvalue weighted by atomic mass is 9.87. The first kappa shape index (κ1) is 24.7. The van der Waals surface area contributed by atoms with E-state index < -0.39 is 36.1 Å². The molecule has 9 heteroatoms. The van der Waals surface area contributed by atoms with Gasteiger partial charge in [-0.05, 0) is 41.3 Å². The second-order valence-electron chi connectivity index (χ2n) is 8.83. The summed E-state index contributed by atoms with van der Waals surface area (Å²) in [5.41, 5.74) is 4.14. The standard InChI is InChI=1S/C24H24Cl2N2O5/c1-24(2,3)16-6-4-14(5-7-16)22(31)27-28-12-15(10-21(28)30)23(32)33-13-20(29)18-9-8-17(25)11-19(18)26/h4-9,11,15H,10,12-13H2,1-3H3,(H,27,31)/t15-/m1/s1. The molecule has 1 fully saturated rings. The fraction of sp³-hybridized carbons (Fsp3) is 0.333. The van der Waals surface area contributed by atoms with Gasteiger partial charge in [-0.3, -0.25) is 29.6 Å². The van der Waals surface area contributed by atoms with Crippen molar-refractivity contribution in [3.63, 3.8) is 0 Å². The Morgan fingerprint density at radius 2 is 1.76 bits per heavy atom. The van der Waals surface area contributed by atoms with E-state index in [0.717, 1.165) is 10.6 Å². The third-order valence-corrected chi connectivity index (χ3v) is 5.83. The molecular weight excluding hydrogens is 467 g/mol. The Labute approximate surface area is 202 Å². The molecule has 0 unspecified atom stereocenters. The van der Waals surface area contributed by atoms with Crippen molar-refractivity contribution >= 4 is 46.8 Å². The first-order chi connectivity index (χ1) is 15.5. The normalized spacial score (nSPS) is 16.0. The number of hydrogen-bond donors (Lipinski definition) is 1. The molecule has 2 amide bonds. The van der Waals surface area contributed by atoms with E-state index >= 15 is 0 Å². The van der Waals surface area contributed by atoms with Crippen LogP contribution in [0.15, 0.2) is 42.5 Å². The molecule has 3 rings (SSSR count). The Hall–Kier alpha value is -2.90. The highest BCUT2D eigenvalue weighted by Gasteiger charge is 2.37. The van der Waals surface area contributed by atoms with Gasteiger partial charge in [0.05, 0.1) is 17.5 Å². The van der Waals surface area contributed by atoms with E-state index in [-0.39, 0.29) is 29.0 Å². The predicted octanol–water partition coefficient (Wildman–Crippen LogP) is 4.21. The second kappa shape index (κ2) is 9.93. The fourth-order valence-corrected chi connectivity index (χ4v) is 3.84. The average molecular weight is 491 g/mol. The van der Waals surface area contributed by atoms with E-state index in [9.17, 15) is 19.2 Å². The third kappa shape index (κ3) is 6.12. The highest BCUT2D eigenvalue weighted by molar-refractivity contribution is 6.36. The molecule has 0 spiro atoms. The third-order valence-electron chi connectivity index (χ3n) is 5.29. The molecule has 0 saturated carbocycles. The maximum absolute atomic E-state index is 12.5. The quantitative estimate of drug-likeness (QED) is 0.483. The lowest BCUT2D eigenvalue weighted by Crippen LogP contribution is -2.43. The topological polar surface area (TPSA) is 92.8 Å². The van der Waals surface area contributed by atoms with Crippen molar-refractivity contribution < 1.29 is 23.9 Å². The van der Waals surface area contributed by atoms with Gasteiger partial charge in [0.2, 0.25) is 11.7 Å². The van der Waals surface area contributed by atoms with Crippen molar-refractivity contribution in [2.24, 2.45) is 5.92 Å². The molecule has 2 aromatic carbocycles. The number of rotatable bonds is 6. The minimum atomic E-state index is -0.797. The zero-order chi connectivity index (χ0) is 24.3. The number of nitrogens with zero attached hydrogens (tertiary/aromatic N) is 1. The predicted molar refractivity (Wildman–Crippen MR) is 124 cm³/mol. The molecule has 1 heterocycles. The van der Waals surface area contributed by atoms with Crippen molar-refractivity contribution in [1.82, 2.24) is 10.4 Å². The monoisotopic (exact) mass is 490 g/mol. The van der Waals surface area contributed by atoms with E-state index in [1.165, 1.54) is 18.2 Å². The van der Waals surface area contributed by atoms with Gasteiger partial charge in [0, 0.05) is 22.6 Å². The number of carbonyl (C=O) groups is 4. The van der Waals surface area contributed by atoms with E-state index in [2.05, 4.69) is 26.2 Å². The summed E-state index contributed by atoms with van der Waals surface area (Å²) < 4.78 is 5.09. The van der Waals surface area contributed by atoms with Crippen LogP contribution in [0.5, 0.6) is 0 Å². The maximum atomic E-state index is 12.5. The summed E-state index contributed by atoms with van der Waals surface area (Å²) >= 11 is 11.8. The van der Waals surface area contributed by atoms with Crippen molar-refractivity contribution in [2.45, 2.75) is 32.6 Å². The molecule has 1 aliphatic heterocycles. The van der Waals surface area contributed by atoms with Crippen LogP contribution in [0.3, 0.4) is 0 Å². The van der Waals surface area contributed by atoms with Crippen molar-refractivity contribution in [1.29, 1.82) is 0 Å². The van der Waals surface area contributed by atoms with Crippen LogP contribution in [0.2, 0.25) is 10.0 Å². The zero-order valence-electron chi connectivity index (χ0n) is 18.5. The molecule has 1 saturated heterocycles. The van der Waals surface area contributed by atoms with Crippen LogP contribution in [0.25, 0.3) is 0 Å². The maximum Gasteiger partial charge on any atom is 0.311 e. The first-order valence-corrected chi connectivity index (χ1v) is 11.1. The van der Waals surface area contributed by atoms with Crippen molar-refractivity contribution in [3.8, 4) is 0 Å². The van der Waals surface area contributed by atoms with E-state index in [0.29, 0.717) is 10.6 Å². The lowest BCUT2D eigenvalue weighted by molar-refractivity contribution is -0.147. The number of halogens is 2. The molecule has 0 bridgehead atoms. The molecule has 7 nitrogen and oxygen atoms in total. The molecule has 2 aromatic rings. The molecular formula is C24H24Cl2N2O5. The minimum absolute atomic E-state index is 0.0423. The van der Waals surface area contributed by atoms with E-state index in [4.69, 9.17) is 27.9 Å². The minimum Gasteiger partial charge on any atom is -0.457 e. The lowest BCUT2D eigenvalue weighted by Gasteiger charge is -2.20. The van der Waals surface area contributed by atoms with Crippen LogP contribution in [0.4, 0.5) is 0 Å². The number of hydrazine groups is 1. The smallest absolute Gasteiger partial charge is 0.311 e. The number of ether oxygens (including phenoxy) is 1. The number of hydrogen-bond acceptors (Lipinski definition) is 5. The number of carbonyl (C=O) groups excluding carboxylic acids is 4. The van der Waals surface area contributed by atoms with Gasteiger partial charge >= 0.3 is 5.97 Å². The van der Waals surface area contributed by atoms with Crippen LogP contribution in [-0.4, -0.2) is 41.7 Å². The molecule has 1 atom stereocenters. The average Bonchev–Trinajstić information content (AvgIpc) is 3.11. The molecule has 1 aliphatic rings. The largest absolute Gasteiger partial charge is 0.457 e. The Bertz CT molecular complexity index is 1090. The Kier molecular flexibility index (Phi) is 7.44. The number of nitrogens with one attached hydrogen (secondary N) is 1. The van der Waals surface area contributed by atoms with Crippen LogP contribution < -0.4 is 5.43 Å². The van der Waals surface area contributed by atoms with Crippen LogP contribution in [0, 0.1) is 5.92 Å². The number of benzene rings is 2. The van der Waals surface area contributed by atoms with Gasteiger partial charge in [0.1, 0.15) is 0 Å². The number of Topliss-reactive ketones (excluding diaryl/α,β-unsaturated/α-hetero) is 1. The van der Waals surface area contributed by atoms with Gasteiger partial charge in [0.15, 0.2) is 6.61 Å². The Morgan fingerprint density at radius 1 is 1.09 bits per heavy atom. The van der Waals surface area contributed by atoms with Crippen molar-refractivity contribution in [3.05, 3.63) is 69.2 Å². The van der Waals surface area contributed by atoms with E-state index in [1.807, 2.05) is 12.1 Å². The Balaban J connectivity index is 1.54. The SMILES string of the molecule is CC(C)(C)c1ccc(C(=O)NN2C[C@H](C(=O)OCC(=O)c3ccc(Cl)cc3Cl)CC2=O)cc1. The van der Waals surface area contributed by atoms with Gasteiger partial charge in [-0.25, -0.2) is 0 Å². The fourth-order valence-electron chi connectivity index (χ4n) is 3.33. The molecule has 0 aliphatic carbocycles. The molecule has 1 N–H and O–H groups in total. The molecule has 0 aromatic heterocycles. The Morgan fingerprint density at radius 3 is 2.36 bits per heavy atom. The summed E-state index contributed by atoms with van der Waals surface area (Å²) in [5, 5.41) is 1.64. The summed E-state index contributed by atoms with van der Waals surface area (Å²) in [7, 11) is 0. The molecule has 174 valence electrons. The van der Waals surface area contributed by atoms with E-state index in [1.54, 1.807) is 12.1 Å². The number of ketones is 1. The number of amides is 2. The first-order valence-electron chi connectivity index (χ1n) is 10.3. The van der Waals surface area contributed by atoms with Gasteiger partial charge in [0.25, 0.3) is 5.91 Å². The van der Waals surface area contributed by atoms with Crippen LogP contribution in [0.1, 0.15) is 53.5 Å². The summed E-state index contributed by atoms with van der Waals surface area (Å²) in [5.74, 6) is -2.85. The van der Waals surface area contributed by atoms with Gasteiger partial charge in [-0.1, -0.05) is 56.1 Å².